The van der Waals surface area contributed by atoms with E-state index in [4.69, 9.17) is 9.47 Å². The number of unbranched alkanes of at least 4 members (excludes halogenated alkanes) is 1. The molecule has 0 unspecified atom stereocenters. The lowest BCUT2D eigenvalue weighted by Gasteiger charge is -2.26. The molecule has 19 heavy (non-hydrogen) atoms. The van der Waals surface area contributed by atoms with E-state index in [1.807, 2.05) is 32.0 Å². The van der Waals surface area contributed by atoms with Gasteiger partial charge in [0.25, 0.3) is 0 Å². The normalized spacial score (nSPS) is 11.4. The van der Waals surface area contributed by atoms with Gasteiger partial charge in [0.15, 0.2) is 11.5 Å². The van der Waals surface area contributed by atoms with E-state index in [1.54, 1.807) is 7.11 Å². The van der Waals surface area contributed by atoms with Crippen LogP contribution in [0.2, 0.25) is 0 Å². The van der Waals surface area contributed by atoms with Crippen molar-refractivity contribution in [1.29, 1.82) is 0 Å². The Balaban J connectivity index is 2.95. The van der Waals surface area contributed by atoms with Crippen LogP contribution in [0.25, 0.3) is 0 Å². The monoisotopic (exact) mass is 266 g/mol. The van der Waals surface area contributed by atoms with Crippen molar-refractivity contribution >= 4 is 0 Å². The van der Waals surface area contributed by atoms with E-state index in [1.165, 1.54) is 0 Å². The minimum absolute atomic E-state index is 0.683. The molecule has 0 aliphatic rings. The maximum atomic E-state index is 10.5. The molecule has 108 valence electrons. The molecule has 1 N–H and O–H groups in total. The summed E-state index contributed by atoms with van der Waals surface area (Å²) in [6.45, 7) is 6.80. The molecule has 1 rings (SSSR count). The van der Waals surface area contributed by atoms with E-state index >= 15 is 0 Å². The number of hydrogen-bond acceptors (Lipinski definition) is 3. The zero-order valence-corrected chi connectivity index (χ0v) is 12.5. The average Bonchev–Trinajstić information content (AvgIpc) is 2.46. The highest BCUT2D eigenvalue weighted by Crippen LogP contribution is 2.35. The van der Waals surface area contributed by atoms with Crippen LogP contribution in [-0.4, -0.2) is 18.8 Å². The van der Waals surface area contributed by atoms with Gasteiger partial charge < -0.3 is 14.6 Å². The molecule has 0 heterocycles. The van der Waals surface area contributed by atoms with Crippen LogP contribution in [0.4, 0.5) is 0 Å². The molecule has 0 spiro atoms. The molecule has 0 bridgehead atoms. The summed E-state index contributed by atoms with van der Waals surface area (Å²) >= 11 is 0. The average molecular weight is 266 g/mol. The highest BCUT2D eigenvalue weighted by molar-refractivity contribution is 5.44. The van der Waals surface area contributed by atoms with Gasteiger partial charge >= 0.3 is 0 Å². The summed E-state index contributed by atoms with van der Waals surface area (Å²) in [6.07, 6.45) is 3.50. The van der Waals surface area contributed by atoms with Crippen molar-refractivity contribution in [1.82, 2.24) is 0 Å². The lowest BCUT2D eigenvalue weighted by Crippen LogP contribution is -2.23. The van der Waals surface area contributed by atoms with E-state index in [9.17, 15) is 5.11 Å². The molecule has 3 heteroatoms. The van der Waals surface area contributed by atoms with Crippen LogP contribution in [0.3, 0.4) is 0 Å². The largest absolute Gasteiger partial charge is 0.493 e. The second-order valence-electron chi connectivity index (χ2n) is 4.81. The summed E-state index contributed by atoms with van der Waals surface area (Å²) in [5, 5.41) is 10.5. The standard InChI is InChI=1S/C16H26O3/c1-5-8-11-19-14-10-9-13(12-15(14)18-4)16(17,6-2)7-3/h9-10,12,17H,5-8,11H2,1-4H3. The molecule has 0 fully saturated rings. The first-order valence-electron chi connectivity index (χ1n) is 7.15. The molecule has 0 aliphatic carbocycles. The van der Waals surface area contributed by atoms with E-state index in [0.29, 0.717) is 25.2 Å². The van der Waals surface area contributed by atoms with Crippen molar-refractivity contribution in [3.8, 4) is 11.5 Å². The fourth-order valence-electron chi connectivity index (χ4n) is 2.06. The minimum atomic E-state index is -0.783. The molecule has 0 atom stereocenters. The van der Waals surface area contributed by atoms with Crippen LogP contribution in [-0.2, 0) is 5.60 Å². The molecule has 1 aromatic carbocycles. The van der Waals surface area contributed by atoms with E-state index in [2.05, 4.69) is 6.92 Å². The topological polar surface area (TPSA) is 38.7 Å². The molecule has 0 aliphatic heterocycles. The van der Waals surface area contributed by atoms with Crippen molar-refractivity contribution in [2.75, 3.05) is 13.7 Å². The van der Waals surface area contributed by atoms with Crippen LogP contribution in [0, 0.1) is 0 Å². The molecule has 0 saturated heterocycles. The Labute approximate surface area is 116 Å². The predicted molar refractivity (Wildman–Crippen MR) is 77.9 cm³/mol. The van der Waals surface area contributed by atoms with Gasteiger partial charge in [-0.25, -0.2) is 0 Å². The highest BCUT2D eigenvalue weighted by Gasteiger charge is 2.25. The Morgan fingerprint density at radius 3 is 2.32 bits per heavy atom. The Kier molecular flexibility index (Phi) is 6.16. The van der Waals surface area contributed by atoms with Gasteiger partial charge in [0.1, 0.15) is 0 Å². The SMILES string of the molecule is CCCCOc1ccc(C(O)(CC)CC)cc1OC. The number of rotatable bonds is 8. The zero-order valence-electron chi connectivity index (χ0n) is 12.5. The van der Waals surface area contributed by atoms with Gasteiger partial charge in [0, 0.05) is 0 Å². The second-order valence-corrected chi connectivity index (χ2v) is 4.81. The molecule has 0 amide bonds. The second kappa shape index (κ2) is 7.39. The molecule has 3 nitrogen and oxygen atoms in total. The number of hydrogen-bond donors (Lipinski definition) is 1. The molecule has 0 radical (unpaired) electrons. The molecule has 0 aromatic heterocycles. The number of benzene rings is 1. The van der Waals surface area contributed by atoms with Gasteiger partial charge in [-0.15, -0.1) is 0 Å². The van der Waals surface area contributed by atoms with Crippen molar-refractivity contribution in [2.24, 2.45) is 0 Å². The third-order valence-electron chi connectivity index (χ3n) is 3.63. The molecular formula is C16H26O3. The fraction of sp³-hybridized carbons (Fsp3) is 0.625. The zero-order chi connectivity index (χ0) is 14.3. The maximum absolute atomic E-state index is 10.5. The van der Waals surface area contributed by atoms with E-state index in [0.717, 1.165) is 24.2 Å². The van der Waals surface area contributed by atoms with Crippen LogP contribution in [0.1, 0.15) is 52.0 Å². The first kappa shape index (κ1) is 15.8. The summed E-state index contributed by atoms with van der Waals surface area (Å²) < 4.78 is 11.1. The molecular weight excluding hydrogens is 240 g/mol. The minimum Gasteiger partial charge on any atom is -0.493 e. The highest BCUT2D eigenvalue weighted by atomic mass is 16.5. The van der Waals surface area contributed by atoms with E-state index < -0.39 is 5.60 Å². The Hall–Kier alpha value is -1.22. The van der Waals surface area contributed by atoms with Crippen LogP contribution in [0.5, 0.6) is 11.5 Å². The molecule has 0 saturated carbocycles. The van der Waals surface area contributed by atoms with Crippen molar-refractivity contribution in [3.63, 3.8) is 0 Å². The predicted octanol–water partition coefficient (Wildman–Crippen LogP) is 3.88. The number of ether oxygens (including phenoxy) is 2. The third kappa shape index (κ3) is 3.87. The van der Waals surface area contributed by atoms with Crippen LogP contribution >= 0.6 is 0 Å². The summed E-state index contributed by atoms with van der Waals surface area (Å²) in [5.41, 5.74) is 0.104. The van der Waals surface area contributed by atoms with Gasteiger partial charge in [0.2, 0.25) is 0 Å². The number of aliphatic hydroxyl groups is 1. The summed E-state index contributed by atoms with van der Waals surface area (Å²) in [4.78, 5) is 0. The van der Waals surface area contributed by atoms with E-state index in [-0.39, 0.29) is 0 Å². The first-order valence-corrected chi connectivity index (χ1v) is 7.15. The fourth-order valence-corrected chi connectivity index (χ4v) is 2.06. The summed E-state index contributed by atoms with van der Waals surface area (Å²) in [6, 6.07) is 5.70. The van der Waals surface area contributed by atoms with Gasteiger partial charge in [-0.05, 0) is 37.0 Å². The summed E-state index contributed by atoms with van der Waals surface area (Å²) in [7, 11) is 1.63. The Morgan fingerprint density at radius 2 is 1.79 bits per heavy atom. The smallest absolute Gasteiger partial charge is 0.161 e. The maximum Gasteiger partial charge on any atom is 0.161 e. The first-order chi connectivity index (χ1) is 9.11. The lowest BCUT2D eigenvalue weighted by molar-refractivity contribution is 0.0281. The Bertz CT molecular complexity index is 384. The van der Waals surface area contributed by atoms with Gasteiger partial charge in [-0.3, -0.25) is 0 Å². The Morgan fingerprint density at radius 1 is 1.11 bits per heavy atom. The van der Waals surface area contributed by atoms with Gasteiger partial charge in [-0.2, -0.15) is 0 Å². The third-order valence-corrected chi connectivity index (χ3v) is 3.63. The van der Waals surface area contributed by atoms with Crippen molar-refractivity contribution in [2.45, 2.75) is 52.1 Å². The summed E-state index contributed by atoms with van der Waals surface area (Å²) in [5.74, 6) is 1.43. The van der Waals surface area contributed by atoms with Gasteiger partial charge in [-0.1, -0.05) is 33.3 Å². The number of methoxy groups -OCH3 is 1. The van der Waals surface area contributed by atoms with Crippen molar-refractivity contribution in [3.05, 3.63) is 23.8 Å². The van der Waals surface area contributed by atoms with Crippen LogP contribution < -0.4 is 9.47 Å². The van der Waals surface area contributed by atoms with Gasteiger partial charge in [0.05, 0.1) is 19.3 Å². The quantitative estimate of drug-likeness (QED) is 0.726. The van der Waals surface area contributed by atoms with Crippen molar-refractivity contribution < 1.29 is 14.6 Å². The molecule has 1 aromatic rings. The van der Waals surface area contributed by atoms with Crippen LogP contribution in [0.15, 0.2) is 18.2 Å². The lowest BCUT2D eigenvalue weighted by atomic mass is 9.88.